The summed E-state index contributed by atoms with van der Waals surface area (Å²) in [7, 11) is -0.551. The normalized spacial score (nSPS) is 11.7. The summed E-state index contributed by atoms with van der Waals surface area (Å²) < 4.78 is 26.9. The number of rotatable bonds is 8. The fraction of sp³-hybridized carbons (Fsp3) is 0.615. The van der Waals surface area contributed by atoms with Gasteiger partial charge in [0.2, 0.25) is 0 Å². The zero-order valence-corrected chi connectivity index (χ0v) is 13.4. The van der Waals surface area contributed by atoms with Crippen molar-refractivity contribution in [3.8, 4) is 0 Å². The Morgan fingerprint density at radius 3 is 2.15 bits per heavy atom. The first-order chi connectivity index (χ1) is 9.40. The lowest BCUT2D eigenvalue weighted by Crippen LogP contribution is -2.29. The topological polar surface area (TPSA) is 65.5 Å². The average Bonchev–Trinajstić information content (AvgIpc) is 2.39. The lowest BCUT2D eigenvalue weighted by Gasteiger charge is -2.23. The molecule has 1 aromatic rings. The molecule has 0 fully saturated rings. The zero-order chi connectivity index (χ0) is 15.2. The van der Waals surface area contributed by atoms with E-state index in [0.717, 1.165) is 35.9 Å². The van der Waals surface area contributed by atoms with Crippen LogP contribution in [0.25, 0.3) is 0 Å². The molecule has 0 aliphatic rings. The van der Waals surface area contributed by atoms with Gasteiger partial charge in [-0.25, -0.2) is 4.98 Å². The van der Waals surface area contributed by atoms with Crippen molar-refractivity contribution in [3.63, 3.8) is 0 Å². The number of hydrogen-bond donors (Lipinski definition) is 1. The highest BCUT2D eigenvalue weighted by Gasteiger charge is 2.14. The van der Waals surface area contributed by atoms with E-state index in [1.165, 1.54) is 14.1 Å². The number of nitrogens with one attached hydrogen (secondary N) is 1. The molecule has 0 saturated heterocycles. The minimum atomic E-state index is -3.50. The summed E-state index contributed by atoms with van der Waals surface area (Å²) in [4.78, 5) is 6.42. The first kappa shape index (κ1) is 16.7. The Kier molecular flexibility index (Phi) is 6.22. The first-order valence-corrected chi connectivity index (χ1v) is 8.26. The summed E-state index contributed by atoms with van der Waals surface area (Å²) in [5.74, 6) is 0.329. The molecule has 0 aliphatic heterocycles. The maximum Gasteiger partial charge on any atom is 0.302 e. The molecule has 0 aromatic carbocycles. The summed E-state index contributed by atoms with van der Waals surface area (Å²) >= 11 is 0. The van der Waals surface area contributed by atoms with Gasteiger partial charge >= 0.3 is 10.2 Å². The maximum atomic E-state index is 11.7. The molecule has 0 spiro atoms. The van der Waals surface area contributed by atoms with E-state index in [9.17, 15) is 8.42 Å². The van der Waals surface area contributed by atoms with Crippen molar-refractivity contribution in [1.82, 2.24) is 9.29 Å². The molecule has 0 amide bonds. The Bertz CT molecular complexity index is 494. The van der Waals surface area contributed by atoms with Gasteiger partial charge in [-0.1, -0.05) is 13.8 Å². The van der Waals surface area contributed by atoms with Gasteiger partial charge in [0.15, 0.2) is 0 Å². The minimum Gasteiger partial charge on any atom is -0.370 e. The average molecular weight is 300 g/mol. The Morgan fingerprint density at radius 2 is 1.75 bits per heavy atom. The van der Waals surface area contributed by atoms with Crippen LogP contribution in [0.2, 0.25) is 0 Å². The van der Waals surface area contributed by atoms with E-state index in [0.29, 0.717) is 5.82 Å². The Balaban J connectivity index is 2.82. The van der Waals surface area contributed by atoms with Crippen LogP contribution in [0.5, 0.6) is 0 Å². The van der Waals surface area contributed by atoms with Crippen molar-refractivity contribution < 1.29 is 8.42 Å². The quantitative estimate of drug-likeness (QED) is 0.796. The smallest absolute Gasteiger partial charge is 0.302 e. The lowest BCUT2D eigenvalue weighted by atomic mass is 10.3. The van der Waals surface area contributed by atoms with E-state index in [1.807, 2.05) is 6.07 Å². The van der Waals surface area contributed by atoms with Crippen LogP contribution in [0.3, 0.4) is 0 Å². The van der Waals surface area contributed by atoms with Crippen molar-refractivity contribution in [2.45, 2.75) is 26.7 Å². The van der Waals surface area contributed by atoms with Gasteiger partial charge in [-0.3, -0.25) is 4.72 Å². The van der Waals surface area contributed by atoms with Crippen LogP contribution in [0, 0.1) is 0 Å². The molecule has 1 aromatic heterocycles. The Morgan fingerprint density at radius 1 is 1.15 bits per heavy atom. The van der Waals surface area contributed by atoms with E-state index in [2.05, 4.69) is 28.5 Å². The monoisotopic (exact) mass is 300 g/mol. The van der Waals surface area contributed by atoms with Crippen molar-refractivity contribution in [2.75, 3.05) is 36.8 Å². The maximum absolute atomic E-state index is 11.7. The van der Waals surface area contributed by atoms with Gasteiger partial charge in [0.25, 0.3) is 0 Å². The second-order valence-corrected chi connectivity index (χ2v) is 6.66. The van der Waals surface area contributed by atoms with E-state index in [1.54, 1.807) is 12.3 Å². The van der Waals surface area contributed by atoms with E-state index >= 15 is 0 Å². The molecule has 6 nitrogen and oxygen atoms in total. The third-order valence-corrected chi connectivity index (χ3v) is 4.24. The number of pyridine rings is 1. The van der Waals surface area contributed by atoms with Gasteiger partial charge in [0.05, 0.1) is 11.9 Å². The van der Waals surface area contributed by atoms with Crippen LogP contribution in [0.15, 0.2) is 18.3 Å². The van der Waals surface area contributed by atoms with Gasteiger partial charge < -0.3 is 4.90 Å². The van der Waals surface area contributed by atoms with Crippen LogP contribution in [-0.2, 0) is 10.2 Å². The second-order valence-electron chi connectivity index (χ2n) is 4.78. The number of hydrogen-bond acceptors (Lipinski definition) is 4. The van der Waals surface area contributed by atoms with E-state index in [-0.39, 0.29) is 0 Å². The molecule has 7 heteroatoms. The molecule has 0 unspecified atom stereocenters. The standard InChI is InChI=1S/C13H24N4O2S/c1-5-9-17(10-6-2)12-7-8-13(14-11-12)15-20(18,19)16(3)4/h7-8,11H,5-6,9-10H2,1-4H3,(H,14,15). The molecule has 0 saturated carbocycles. The Hall–Kier alpha value is -1.34. The molecule has 0 radical (unpaired) electrons. The molecular formula is C13H24N4O2S. The van der Waals surface area contributed by atoms with Crippen LogP contribution in [-0.4, -0.2) is 44.9 Å². The molecule has 114 valence electrons. The molecular weight excluding hydrogens is 276 g/mol. The van der Waals surface area contributed by atoms with Crippen molar-refractivity contribution in [3.05, 3.63) is 18.3 Å². The number of aromatic nitrogens is 1. The summed E-state index contributed by atoms with van der Waals surface area (Å²) in [5, 5.41) is 0. The van der Waals surface area contributed by atoms with Crippen LogP contribution >= 0.6 is 0 Å². The zero-order valence-electron chi connectivity index (χ0n) is 12.6. The van der Waals surface area contributed by atoms with Crippen molar-refractivity contribution in [1.29, 1.82) is 0 Å². The van der Waals surface area contributed by atoms with Gasteiger partial charge in [-0.15, -0.1) is 0 Å². The molecule has 1 heterocycles. The van der Waals surface area contributed by atoms with Gasteiger partial charge in [0.1, 0.15) is 5.82 Å². The fourth-order valence-corrected chi connectivity index (χ4v) is 2.33. The molecule has 0 aliphatic carbocycles. The minimum absolute atomic E-state index is 0.329. The predicted octanol–water partition coefficient (Wildman–Crippen LogP) is 1.93. The molecule has 0 bridgehead atoms. The van der Waals surface area contributed by atoms with Crippen molar-refractivity contribution >= 4 is 21.7 Å². The van der Waals surface area contributed by atoms with E-state index < -0.39 is 10.2 Å². The third-order valence-electron chi connectivity index (χ3n) is 2.81. The molecule has 1 rings (SSSR count). The van der Waals surface area contributed by atoms with Gasteiger partial charge in [-0.05, 0) is 25.0 Å². The van der Waals surface area contributed by atoms with Crippen molar-refractivity contribution in [2.24, 2.45) is 0 Å². The summed E-state index contributed by atoms with van der Waals surface area (Å²) in [6.45, 7) is 6.21. The molecule has 1 N–H and O–H groups in total. The Labute approximate surface area is 122 Å². The van der Waals surface area contributed by atoms with E-state index in [4.69, 9.17) is 0 Å². The van der Waals surface area contributed by atoms with Gasteiger partial charge in [0, 0.05) is 27.2 Å². The van der Waals surface area contributed by atoms with Crippen LogP contribution < -0.4 is 9.62 Å². The predicted molar refractivity (Wildman–Crippen MR) is 83.3 cm³/mol. The highest BCUT2D eigenvalue weighted by atomic mass is 32.2. The van der Waals surface area contributed by atoms with Gasteiger partial charge in [-0.2, -0.15) is 12.7 Å². The van der Waals surface area contributed by atoms with Crippen LogP contribution in [0.1, 0.15) is 26.7 Å². The largest absolute Gasteiger partial charge is 0.370 e. The summed E-state index contributed by atoms with van der Waals surface area (Å²) in [5.41, 5.74) is 1.02. The fourth-order valence-electron chi connectivity index (χ4n) is 1.77. The SMILES string of the molecule is CCCN(CCC)c1ccc(NS(=O)(=O)N(C)C)nc1. The third kappa shape index (κ3) is 4.64. The number of nitrogens with zero attached hydrogens (tertiary/aromatic N) is 3. The number of anilines is 2. The summed E-state index contributed by atoms with van der Waals surface area (Å²) in [6.07, 6.45) is 3.84. The summed E-state index contributed by atoms with van der Waals surface area (Å²) in [6, 6.07) is 3.58. The highest BCUT2D eigenvalue weighted by Crippen LogP contribution is 2.16. The second kappa shape index (κ2) is 7.44. The first-order valence-electron chi connectivity index (χ1n) is 6.82. The molecule has 0 atom stereocenters. The van der Waals surface area contributed by atoms with Crippen LogP contribution in [0.4, 0.5) is 11.5 Å². The highest BCUT2D eigenvalue weighted by molar-refractivity contribution is 7.90. The molecule has 20 heavy (non-hydrogen) atoms. The lowest BCUT2D eigenvalue weighted by molar-refractivity contribution is 0.526.